The number of aliphatic hydroxyl groups is 1. The highest BCUT2D eigenvalue weighted by molar-refractivity contribution is 6.00. The minimum atomic E-state index is -0.470. The molecule has 160 valence electrons. The molecule has 0 aliphatic heterocycles. The van der Waals surface area contributed by atoms with Crippen molar-refractivity contribution in [3.05, 3.63) is 46.8 Å². The maximum absolute atomic E-state index is 12.7. The Morgan fingerprint density at radius 2 is 1.87 bits per heavy atom. The first-order chi connectivity index (χ1) is 14.1. The lowest BCUT2D eigenvalue weighted by Crippen LogP contribution is -2.29. The van der Waals surface area contributed by atoms with E-state index in [0.717, 1.165) is 54.7 Å². The fraction of sp³-hybridized carbons (Fsp3) is 0.500. The van der Waals surface area contributed by atoms with Crippen molar-refractivity contribution in [1.29, 1.82) is 0 Å². The number of nitrogens with zero attached hydrogens (tertiary/aromatic N) is 1. The molecule has 0 saturated heterocycles. The fourth-order valence-corrected chi connectivity index (χ4v) is 4.96. The van der Waals surface area contributed by atoms with Gasteiger partial charge in [-0.25, -0.2) is 0 Å². The molecule has 4 rings (SSSR count). The van der Waals surface area contributed by atoms with Crippen LogP contribution in [0.1, 0.15) is 78.1 Å². The molecule has 0 radical (unpaired) electrons. The molecule has 4 N–H and O–H groups in total. The zero-order valence-corrected chi connectivity index (χ0v) is 18.0. The van der Waals surface area contributed by atoms with Crippen LogP contribution in [0.2, 0.25) is 0 Å². The summed E-state index contributed by atoms with van der Waals surface area (Å²) in [6.07, 6.45) is 4.36. The number of aliphatic hydroxyl groups excluding tert-OH is 1. The van der Waals surface area contributed by atoms with Crippen molar-refractivity contribution >= 4 is 17.4 Å². The number of fused-ring (bicyclic) bond motifs is 1. The van der Waals surface area contributed by atoms with E-state index in [9.17, 15) is 14.7 Å². The van der Waals surface area contributed by atoms with Crippen molar-refractivity contribution in [3.63, 3.8) is 0 Å². The summed E-state index contributed by atoms with van der Waals surface area (Å²) in [5.41, 5.74) is 10.5. The highest BCUT2D eigenvalue weighted by atomic mass is 16.3. The third-order valence-electron chi connectivity index (χ3n) is 6.46. The zero-order chi connectivity index (χ0) is 21.6. The Labute approximate surface area is 177 Å². The Hall–Kier alpha value is -2.60. The minimum Gasteiger partial charge on any atom is -0.393 e. The van der Waals surface area contributed by atoms with E-state index >= 15 is 0 Å². The van der Waals surface area contributed by atoms with Crippen molar-refractivity contribution < 1.29 is 14.7 Å². The lowest BCUT2D eigenvalue weighted by atomic mass is 9.76. The normalized spacial score (nSPS) is 23.1. The molecule has 1 fully saturated rings. The summed E-state index contributed by atoms with van der Waals surface area (Å²) in [5, 5.41) is 13.3. The molecule has 1 amide bonds. The Kier molecular flexibility index (Phi) is 5.22. The Bertz CT molecular complexity index is 997. The Balaban J connectivity index is 1.74. The van der Waals surface area contributed by atoms with E-state index in [-0.39, 0.29) is 23.3 Å². The third kappa shape index (κ3) is 3.88. The van der Waals surface area contributed by atoms with E-state index in [1.54, 1.807) is 6.07 Å². The summed E-state index contributed by atoms with van der Waals surface area (Å²) in [7, 11) is 0. The quantitative estimate of drug-likeness (QED) is 0.716. The second-order valence-corrected chi connectivity index (χ2v) is 9.67. The molecule has 6 nitrogen and oxygen atoms in total. The first-order valence-corrected chi connectivity index (χ1v) is 10.8. The topological polar surface area (TPSA) is 97.3 Å². The predicted molar refractivity (Wildman–Crippen MR) is 117 cm³/mol. The monoisotopic (exact) mass is 409 g/mol. The van der Waals surface area contributed by atoms with Crippen molar-refractivity contribution in [3.8, 4) is 5.69 Å². The SMILES string of the molecule is Cc1cc2c(n1-c1ccc(C(N)=O)c(NC3CCC(O)CC3)c1)CC(C)(C)CC2=O. The van der Waals surface area contributed by atoms with Gasteiger partial charge >= 0.3 is 0 Å². The van der Waals surface area contributed by atoms with Crippen LogP contribution >= 0.6 is 0 Å². The number of ketones is 1. The summed E-state index contributed by atoms with van der Waals surface area (Å²) < 4.78 is 2.13. The summed E-state index contributed by atoms with van der Waals surface area (Å²) in [6, 6.07) is 7.80. The van der Waals surface area contributed by atoms with Gasteiger partial charge in [-0.05, 0) is 68.7 Å². The van der Waals surface area contributed by atoms with Gasteiger partial charge in [-0.15, -0.1) is 0 Å². The van der Waals surface area contributed by atoms with Gasteiger partial charge in [0, 0.05) is 40.8 Å². The van der Waals surface area contributed by atoms with Gasteiger partial charge in [-0.1, -0.05) is 13.8 Å². The van der Waals surface area contributed by atoms with Crippen molar-refractivity contribution in [2.24, 2.45) is 11.1 Å². The van der Waals surface area contributed by atoms with Crippen LogP contribution in [0.3, 0.4) is 0 Å². The Morgan fingerprint density at radius 3 is 2.53 bits per heavy atom. The number of Topliss-reactive ketones (excluding diaryl/α,β-unsaturated/α-hetero) is 1. The molecule has 0 atom stereocenters. The number of amides is 1. The molecule has 0 bridgehead atoms. The van der Waals surface area contributed by atoms with E-state index in [2.05, 4.69) is 23.7 Å². The summed E-state index contributed by atoms with van der Waals surface area (Å²) in [4.78, 5) is 24.7. The molecule has 2 aliphatic carbocycles. The summed E-state index contributed by atoms with van der Waals surface area (Å²) in [6.45, 7) is 6.26. The number of nitrogens with two attached hydrogens (primary N) is 1. The molecule has 1 saturated carbocycles. The fourth-order valence-electron chi connectivity index (χ4n) is 4.96. The van der Waals surface area contributed by atoms with Gasteiger partial charge in [0.15, 0.2) is 5.78 Å². The predicted octanol–water partition coefficient (Wildman–Crippen LogP) is 3.76. The maximum Gasteiger partial charge on any atom is 0.250 e. The van der Waals surface area contributed by atoms with Gasteiger partial charge in [0.1, 0.15) is 0 Å². The highest BCUT2D eigenvalue weighted by Gasteiger charge is 2.34. The number of rotatable bonds is 4. The number of nitrogens with one attached hydrogen (secondary N) is 1. The lowest BCUT2D eigenvalue weighted by Gasteiger charge is -2.30. The van der Waals surface area contributed by atoms with Gasteiger partial charge in [-0.3, -0.25) is 9.59 Å². The lowest BCUT2D eigenvalue weighted by molar-refractivity contribution is 0.0910. The molecule has 0 unspecified atom stereocenters. The van der Waals surface area contributed by atoms with E-state index in [0.29, 0.717) is 17.7 Å². The van der Waals surface area contributed by atoms with Crippen LogP contribution in [0, 0.1) is 12.3 Å². The molecule has 1 aromatic carbocycles. The second kappa shape index (κ2) is 7.58. The van der Waals surface area contributed by atoms with Crippen molar-refractivity contribution in [2.75, 3.05) is 5.32 Å². The molecule has 30 heavy (non-hydrogen) atoms. The molecule has 2 aromatic rings. The van der Waals surface area contributed by atoms with Gasteiger partial charge in [0.2, 0.25) is 0 Å². The van der Waals surface area contributed by atoms with Gasteiger partial charge in [0.25, 0.3) is 5.91 Å². The number of aryl methyl sites for hydroxylation is 1. The number of benzene rings is 1. The van der Waals surface area contributed by atoms with Crippen LogP contribution in [0.4, 0.5) is 5.69 Å². The standard InChI is InChI=1S/C24H31N3O3/c1-14-10-19-21(12-24(2,3)13-22(19)29)27(14)16-6-9-18(23(25)30)20(11-16)26-15-4-7-17(28)8-5-15/h6,9-11,15,17,26,28H,4-5,7-8,12-13H2,1-3H3,(H2,25,30). The van der Waals surface area contributed by atoms with Crippen LogP contribution in [-0.4, -0.2) is 33.5 Å². The molecule has 1 aromatic heterocycles. The van der Waals surface area contributed by atoms with Crippen LogP contribution < -0.4 is 11.1 Å². The third-order valence-corrected chi connectivity index (χ3v) is 6.46. The molecule has 0 spiro atoms. The maximum atomic E-state index is 12.7. The number of carbonyl (C=O) groups is 2. The number of aromatic nitrogens is 1. The molecule has 6 heteroatoms. The molecule has 1 heterocycles. The Morgan fingerprint density at radius 1 is 1.17 bits per heavy atom. The van der Waals surface area contributed by atoms with E-state index in [1.165, 1.54) is 0 Å². The number of primary amides is 1. The highest BCUT2D eigenvalue weighted by Crippen LogP contribution is 2.38. The smallest absolute Gasteiger partial charge is 0.250 e. The summed E-state index contributed by atoms with van der Waals surface area (Å²) >= 11 is 0. The van der Waals surface area contributed by atoms with Crippen LogP contribution in [0.5, 0.6) is 0 Å². The van der Waals surface area contributed by atoms with Crippen LogP contribution in [0.25, 0.3) is 5.69 Å². The number of hydrogen-bond donors (Lipinski definition) is 3. The van der Waals surface area contributed by atoms with Gasteiger partial charge < -0.3 is 20.7 Å². The molecular formula is C24H31N3O3. The largest absolute Gasteiger partial charge is 0.393 e. The van der Waals surface area contributed by atoms with E-state index < -0.39 is 5.91 Å². The minimum absolute atomic E-state index is 0.0796. The number of carbonyl (C=O) groups excluding carboxylic acids is 2. The van der Waals surface area contributed by atoms with E-state index in [4.69, 9.17) is 5.73 Å². The first-order valence-electron chi connectivity index (χ1n) is 10.8. The molecular weight excluding hydrogens is 378 g/mol. The van der Waals surface area contributed by atoms with Crippen molar-refractivity contribution in [1.82, 2.24) is 4.57 Å². The number of anilines is 1. The van der Waals surface area contributed by atoms with Crippen LogP contribution in [0.15, 0.2) is 24.3 Å². The van der Waals surface area contributed by atoms with Gasteiger partial charge in [-0.2, -0.15) is 0 Å². The van der Waals surface area contributed by atoms with Crippen molar-refractivity contribution in [2.45, 2.75) is 71.4 Å². The zero-order valence-electron chi connectivity index (χ0n) is 18.0. The molecule has 2 aliphatic rings. The van der Waals surface area contributed by atoms with Crippen LogP contribution in [-0.2, 0) is 6.42 Å². The first kappa shape index (κ1) is 20.7. The van der Waals surface area contributed by atoms with Gasteiger partial charge in [0.05, 0.1) is 11.7 Å². The average molecular weight is 410 g/mol. The average Bonchev–Trinajstić information content (AvgIpc) is 2.98. The summed E-state index contributed by atoms with van der Waals surface area (Å²) in [5.74, 6) is -0.279. The number of hydrogen-bond acceptors (Lipinski definition) is 4. The van der Waals surface area contributed by atoms with E-state index in [1.807, 2.05) is 25.1 Å². The second-order valence-electron chi connectivity index (χ2n) is 9.67.